The Hall–Kier alpha value is -3.57. The van der Waals surface area contributed by atoms with Crippen LogP contribution in [0.5, 0.6) is 11.5 Å². The Labute approximate surface area is 198 Å². The lowest BCUT2D eigenvalue weighted by Gasteiger charge is -2.20. The van der Waals surface area contributed by atoms with Crippen LogP contribution in [0.3, 0.4) is 0 Å². The molecule has 0 saturated carbocycles. The minimum atomic E-state index is -0.533. The summed E-state index contributed by atoms with van der Waals surface area (Å²) >= 11 is 5.96. The second-order valence-electron chi connectivity index (χ2n) is 7.67. The van der Waals surface area contributed by atoms with E-state index in [1.54, 1.807) is 49.4 Å². The highest BCUT2D eigenvalue weighted by Gasteiger charge is 2.30. The van der Waals surface area contributed by atoms with Crippen molar-refractivity contribution >= 4 is 35.1 Å². The summed E-state index contributed by atoms with van der Waals surface area (Å²) in [6, 6.07) is 17.8. The number of ether oxygens (including phenoxy) is 2. The number of hydrogen-bond acceptors (Lipinski definition) is 5. The molecule has 1 heterocycles. The maximum atomic E-state index is 12.9. The fourth-order valence-electron chi connectivity index (χ4n) is 3.77. The summed E-state index contributed by atoms with van der Waals surface area (Å²) in [6.45, 7) is 7.85. The number of halogens is 1. The maximum Gasteiger partial charge on any atom is 0.343 e. The van der Waals surface area contributed by atoms with E-state index in [-0.39, 0.29) is 11.5 Å². The summed E-state index contributed by atoms with van der Waals surface area (Å²) in [5.41, 5.74) is 3.36. The third-order valence-electron chi connectivity index (χ3n) is 5.62. The Kier molecular flexibility index (Phi) is 6.52. The molecular weight excluding hydrogens is 438 g/mol. The number of carbonyl (C=O) groups is 2. The van der Waals surface area contributed by atoms with Gasteiger partial charge in [-0.05, 0) is 74.9 Å². The van der Waals surface area contributed by atoms with Crippen LogP contribution in [0.25, 0.3) is 6.08 Å². The zero-order valence-electron chi connectivity index (χ0n) is 18.7. The Balaban J connectivity index is 1.56. The average Bonchev–Trinajstić information content (AvgIpc) is 3.13. The van der Waals surface area contributed by atoms with Crippen molar-refractivity contribution < 1.29 is 19.1 Å². The largest absolute Gasteiger partial charge is 0.452 e. The highest BCUT2D eigenvalue weighted by Crippen LogP contribution is 2.39. The number of ketones is 1. The van der Waals surface area contributed by atoms with Crippen molar-refractivity contribution in [1.82, 2.24) is 0 Å². The van der Waals surface area contributed by atoms with Crippen LogP contribution in [-0.4, -0.2) is 24.8 Å². The molecule has 0 N–H and O–H groups in total. The lowest BCUT2D eigenvalue weighted by atomic mass is 10.1. The fraction of sp³-hybridized carbons (Fsp3) is 0.185. The number of fused-ring (bicyclic) bond motifs is 1. The van der Waals surface area contributed by atoms with Crippen LogP contribution in [-0.2, 0) is 0 Å². The monoisotopic (exact) mass is 461 g/mol. The predicted molar refractivity (Wildman–Crippen MR) is 131 cm³/mol. The molecule has 6 heteroatoms. The number of esters is 1. The smallest absolute Gasteiger partial charge is 0.343 e. The van der Waals surface area contributed by atoms with E-state index >= 15 is 0 Å². The third-order valence-corrected chi connectivity index (χ3v) is 5.85. The zero-order chi connectivity index (χ0) is 23.5. The number of nitrogens with zero attached hydrogens (tertiary/aromatic N) is 1. The van der Waals surface area contributed by atoms with E-state index < -0.39 is 5.97 Å². The van der Waals surface area contributed by atoms with Crippen LogP contribution in [0.2, 0.25) is 5.02 Å². The quantitative estimate of drug-likeness (QED) is 0.244. The van der Waals surface area contributed by atoms with Crippen LogP contribution in [0.4, 0.5) is 5.69 Å². The topological polar surface area (TPSA) is 55.8 Å². The molecule has 0 saturated heterocycles. The second-order valence-corrected chi connectivity index (χ2v) is 8.11. The third kappa shape index (κ3) is 4.64. The number of rotatable bonds is 6. The maximum absolute atomic E-state index is 12.9. The van der Waals surface area contributed by atoms with Gasteiger partial charge in [-0.25, -0.2) is 4.79 Å². The van der Waals surface area contributed by atoms with Gasteiger partial charge in [0.2, 0.25) is 5.78 Å². The molecule has 5 nitrogen and oxygen atoms in total. The van der Waals surface area contributed by atoms with Crippen LogP contribution < -0.4 is 14.4 Å². The van der Waals surface area contributed by atoms with E-state index in [0.717, 1.165) is 24.3 Å². The average molecular weight is 462 g/mol. The minimum absolute atomic E-state index is 0.200. The lowest BCUT2D eigenvalue weighted by molar-refractivity contribution is 0.0733. The van der Waals surface area contributed by atoms with Crippen molar-refractivity contribution in [3.63, 3.8) is 0 Å². The Morgan fingerprint density at radius 3 is 2.45 bits per heavy atom. The standard InChI is InChI=1S/C27H24ClNO4/c1-4-29(5-2)21-11-9-18(10-12-21)15-24-25(30)22-13-14-23(17(3)26(22)32-24)33-27(31)19-7-6-8-20(28)16-19/h6-16H,4-5H2,1-3H3/b24-15-. The Bertz CT molecular complexity index is 1240. The van der Waals surface area contributed by atoms with Crippen LogP contribution in [0, 0.1) is 6.92 Å². The van der Waals surface area contributed by atoms with Crippen molar-refractivity contribution in [1.29, 1.82) is 0 Å². The van der Waals surface area contributed by atoms with Crippen molar-refractivity contribution in [3.8, 4) is 11.5 Å². The first-order valence-electron chi connectivity index (χ1n) is 10.8. The molecule has 0 spiro atoms. The molecule has 0 aliphatic carbocycles. The van der Waals surface area contributed by atoms with Gasteiger partial charge in [0, 0.05) is 29.4 Å². The number of benzene rings is 3. The van der Waals surface area contributed by atoms with Crippen molar-refractivity contribution in [3.05, 3.63) is 93.7 Å². The summed E-state index contributed by atoms with van der Waals surface area (Å²) in [5.74, 6) is 0.239. The minimum Gasteiger partial charge on any atom is -0.452 e. The van der Waals surface area contributed by atoms with Crippen LogP contribution >= 0.6 is 11.6 Å². The SMILES string of the molecule is CCN(CC)c1ccc(/C=C2\Oc3c(ccc(OC(=O)c4cccc(Cl)c4)c3C)C2=O)cc1. The summed E-state index contributed by atoms with van der Waals surface area (Å²) in [7, 11) is 0. The van der Waals surface area contributed by atoms with E-state index in [2.05, 4.69) is 18.7 Å². The molecule has 1 aliphatic rings. The van der Waals surface area contributed by atoms with E-state index in [4.69, 9.17) is 21.1 Å². The van der Waals surface area contributed by atoms with Gasteiger partial charge >= 0.3 is 5.97 Å². The van der Waals surface area contributed by atoms with Gasteiger partial charge in [0.15, 0.2) is 5.76 Å². The molecule has 0 radical (unpaired) electrons. The molecule has 33 heavy (non-hydrogen) atoms. The highest BCUT2D eigenvalue weighted by atomic mass is 35.5. The molecule has 168 valence electrons. The van der Waals surface area contributed by atoms with Crippen molar-refractivity contribution in [2.24, 2.45) is 0 Å². The first-order chi connectivity index (χ1) is 15.9. The van der Waals surface area contributed by atoms with E-state index in [0.29, 0.717) is 33.2 Å². The summed E-state index contributed by atoms with van der Waals surface area (Å²) in [5, 5.41) is 0.448. The molecular formula is C27H24ClNO4. The molecule has 1 aliphatic heterocycles. The van der Waals surface area contributed by atoms with E-state index in [1.807, 2.05) is 24.3 Å². The van der Waals surface area contributed by atoms with Gasteiger partial charge in [-0.2, -0.15) is 0 Å². The summed E-state index contributed by atoms with van der Waals surface area (Å²) in [4.78, 5) is 27.6. The van der Waals surface area contributed by atoms with Gasteiger partial charge in [-0.15, -0.1) is 0 Å². The van der Waals surface area contributed by atoms with Gasteiger partial charge in [0.05, 0.1) is 11.1 Å². The van der Waals surface area contributed by atoms with Gasteiger partial charge in [0.1, 0.15) is 11.5 Å². The molecule has 0 unspecified atom stereocenters. The number of Topliss-reactive ketones (excluding diaryl/α,β-unsaturated/α-hetero) is 1. The van der Waals surface area contributed by atoms with Crippen LogP contribution in [0.1, 0.15) is 45.7 Å². The normalized spacial score (nSPS) is 13.6. The first-order valence-corrected chi connectivity index (χ1v) is 11.2. The molecule has 0 aromatic heterocycles. The van der Waals surface area contributed by atoms with E-state index in [1.165, 1.54) is 0 Å². The van der Waals surface area contributed by atoms with Crippen molar-refractivity contribution in [2.75, 3.05) is 18.0 Å². The van der Waals surface area contributed by atoms with Gasteiger partial charge in [0.25, 0.3) is 0 Å². The summed E-state index contributed by atoms with van der Waals surface area (Å²) < 4.78 is 11.5. The van der Waals surface area contributed by atoms with Crippen LogP contribution in [0.15, 0.2) is 66.4 Å². The molecule has 0 bridgehead atoms. The lowest BCUT2D eigenvalue weighted by Crippen LogP contribution is -2.21. The van der Waals surface area contributed by atoms with Crippen molar-refractivity contribution in [2.45, 2.75) is 20.8 Å². The first kappa shape index (κ1) is 22.6. The number of hydrogen-bond donors (Lipinski definition) is 0. The van der Waals surface area contributed by atoms with Gasteiger partial charge in [-0.1, -0.05) is 29.8 Å². The van der Waals surface area contributed by atoms with Gasteiger partial charge in [-0.3, -0.25) is 4.79 Å². The van der Waals surface area contributed by atoms with Gasteiger partial charge < -0.3 is 14.4 Å². The number of allylic oxidation sites excluding steroid dienone is 1. The Morgan fingerprint density at radius 1 is 1.06 bits per heavy atom. The number of carbonyl (C=O) groups excluding carboxylic acids is 2. The second kappa shape index (κ2) is 9.51. The molecule has 0 fully saturated rings. The highest BCUT2D eigenvalue weighted by molar-refractivity contribution is 6.30. The molecule has 3 aromatic carbocycles. The zero-order valence-corrected chi connectivity index (χ0v) is 19.5. The predicted octanol–water partition coefficient (Wildman–Crippen LogP) is 6.33. The Morgan fingerprint density at radius 2 is 1.79 bits per heavy atom. The fourth-order valence-corrected chi connectivity index (χ4v) is 3.96. The molecule has 3 aromatic rings. The van der Waals surface area contributed by atoms with E-state index in [9.17, 15) is 9.59 Å². The molecule has 4 rings (SSSR count). The summed E-state index contributed by atoms with van der Waals surface area (Å²) in [6.07, 6.45) is 1.73. The number of anilines is 1. The molecule has 0 atom stereocenters. The molecule has 0 amide bonds.